The van der Waals surface area contributed by atoms with E-state index in [-0.39, 0.29) is 24.9 Å². The van der Waals surface area contributed by atoms with E-state index in [1.807, 2.05) is 6.07 Å². The van der Waals surface area contributed by atoms with E-state index in [4.69, 9.17) is 9.47 Å². The Labute approximate surface area is 164 Å². The van der Waals surface area contributed by atoms with Gasteiger partial charge in [0.25, 0.3) is 5.91 Å². The molecule has 28 heavy (non-hydrogen) atoms. The number of likely N-dealkylation sites (tertiary alicyclic amines) is 1. The summed E-state index contributed by atoms with van der Waals surface area (Å²) in [6.07, 6.45) is 2.23. The maximum atomic E-state index is 12.6. The Balaban J connectivity index is 1.16. The van der Waals surface area contributed by atoms with E-state index in [1.165, 1.54) is 5.56 Å². The third-order valence-electron chi connectivity index (χ3n) is 5.72. The lowest BCUT2D eigenvalue weighted by atomic mass is 10.0. The molecule has 0 saturated carbocycles. The summed E-state index contributed by atoms with van der Waals surface area (Å²) in [4.78, 5) is 15.0. The van der Waals surface area contributed by atoms with Crippen molar-refractivity contribution in [3.05, 3.63) is 59.7 Å². The standard InChI is InChI=1S/C21H24N4O3/c26-21(15-6-7-18-19(10-15)28-13-27-18)22-16-8-9-25(12-16)20-11-17(23-24-20)14-4-2-1-3-5-14/h1-7,10,16-17,20,23-24H,8-9,11-13H2,(H,22,26). The van der Waals surface area contributed by atoms with Gasteiger partial charge in [-0.1, -0.05) is 30.3 Å². The van der Waals surface area contributed by atoms with Gasteiger partial charge in [-0.3, -0.25) is 9.69 Å². The van der Waals surface area contributed by atoms with Gasteiger partial charge in [-0.2, -0.15) is 0 Å². The fourth-order valence-corrected chi connectivity index (χ4v) is 4.18. The molecule has 2 saturated heterocycles. The topological polar surface area (TPSA) is 74.9 Å². The van der Waals surface area contributed by atoms with E-state index in [9.17, 15) is 4.79 Å². The van der Waals surface area contributed by atoms with Crippen LogP contribution in [0.15, 0.2) is 48.5 Å². The summed E-state index contributed by atoms with van der Waals surface area (Å²) in [6, 6.07) is 16.3. The highest BCUT2D eigenvalue weighted by molar-refractivity contribution is 5.95. The molecule has 2 fully saturated rings. The van der Waals surface area contributed by atoms with Crippen LogP contribution in [-0.4, -0.2) is 42.9 Å². The van der Waals surface area contributed by atoms with E-state index < -0.39 is 0 Å². The van der Waals surface area contributed by atoms with Crippen molar-refractivity contribution in [2.24, 2.45) is 0 Å². The number of nitrogens with zero attached hydrogens (tertiary/aromatic N) is 1. The van der Waals surface area contributed by atoms with Crippen LogP contribution in [0.5, 0.6) is 11.5 Å². The lowest BCUT2D eigenvalue weighted by Gasteiger charge is -2.23. The number of carbonyl (C=O) groups excluding carboxylic acids is 1. The van der Waals surface area contributed by atoms with Crippen LogP contribution in [0.3, 0.4) is 0 Å². The second kappa shape index (κ2) is 7.43. The number of nitrogens with one attached hydrogen (secondary N) is 3. The molecule has 3 unspecified atom stereocenters. The summed E-state index contributed by atoms with van der Waals surface area (Å²) in [7, 11) is 0. The Morgan fingerprint density at radius 1 is 1.07 bits per heavy atom. The van der Waals surface area contributed by atoms with Crippen LogP contribution in [0.1, 0.15) is 34.8 Å². The minimum atomic E-state index is -0.0650. The van der Waals surface area contributed by atoms with Crippen LogP contribution in [0, 0.1) is 0 Å². The minimum absolute atomic E-state index is 0.0650. The molecular weight excluding hydrogens is 356 g/mol. The third kappa shape index (κ3) is 3.44. The second-order valence-corrected chi connectivity index (χ2v) is 7.53. The van der Waals surface area contributed by atoms with E-state index in [0.29, 0.717) is 23.1 Å². The average molecular weight is 380 g/mol. The highest BCUT2D eigenvalue weighted by Crippen LogP contribution is 2.32. The van der Waals surface area contributed by atoms with Crippen molar-refractivity contribution in [2.75, 3.05) is 19.9 Å². The Kier molecular flexibility index (Phi) is 4.64. The van der Waals surface area contributed by atoms with E-state index in [2.05, 4.69) is 45.3 Å². The Bertz CT molecular complexity index is 860. The predicted molar refractivity (Wildman–Crippen MR) is 104 cm³/mol. The first kappa shape index (κ1) is 17.5. The van der Waals surface area contributed by atoms with Gasteiger partial charge in [0, 0.05) is 30.7 Å². The average Bonchev–Trinajstić information content (AvgIpc) is 3.48. The highest BCUT2D eigenvalue weighted by Gasteiger charge is 2.34. The highest BCUT2D eigenvalue weighted by atomic mass is 16.7. The molecule has 0 bridgehead atoms. The van der Waals surface area contributed by atoms with Crippen LogP contribution >= 0.6 is 0 Å². The van der Waals surface area contributed by atoms with E-state index in [0.717, 1.165) is 25.9 Å². The molecule has 3 aliphatic rings. The molecule has 3 atom stereocenters. The van der Waals surface area contributed by atoms with Crippen LogP contribution < -0.4 is 25.6 Å². The van der Waals surface area contributed by atoms with E-state index >= 15 is 0 Å². The Hall–Kier alpha value is -2.61. The van der Waals surface area contributed by atoms with Crippen molar-refractivity contribution in [2.45, 2.75) is 31.1 Å². The van der Waals surface area contributed by atoms with Crippen molar-refractivity contribution in [1.82, 2.24) is 21.1 Å². The number of amides is 1. The SMILES string of the molecule is O=C(NC1CCN(C2CC(c3ccccc3)NN2)C1)c1ccc2c(c1)OCO2. The van der Waals surface area contributed by atoms with Gasteiger partial charge >= 0.3 is 0 Å². The quantitative estimate of drug-likeness (QED) is 0.751. The third-order valence-corrected chi connectivity index (χ3v) is 5.72. The van der Waals surface area contributed by atoms with Crippen molar-refractivity contribution in [1.29, 1.82) is 0 Å². The zero-order chi connectivity index (χ0) is 18.9. The normalized spacial score (nSPS) is 26.5. The molecule has 2 aromatic rings. The molecule has 3 N–H and O–H groups in total. The largest absolute Gasteiger partial charge is 0.454 e. The Morgan fingerprint density at radius 2 is 1.93 bits per heavy atom. The van der Waals surface area contributed by atoms with Gasteiger partial charge in [-0.15, -0.1) is 0 Å². The number of benzene rings is 2. The summed E-state index contributed by atoms with van der Waals surface area (Å²) in [5, 5.41) is 3.16. The summed E-state index contributed by atoms with van der Waals surface area (Å²) in [5.41, 5.74) is 8.71. The van der Waals surface area contributed by atoms with Gasteiger partial charge in [0.2, 0.25) is 6.79 Å². The van der Waals surface area contributed by atoms with E-state index in [1.54, 1.807) is 18.2 Å². The first-order valence-electron chi connectivity index (χ1n) is 9.77. The molecule has 2 aromatic carbocycles. The molecule has 0 aromatic heterocycles. The van der Waals surface area contributed by atoms with Crippen molar-refractivity contribution in [3.8, 4) is 11.5 Å². The predicted octanol–water partition coefficient (Wildman–Crippen LogP) is 1.78. The van der Waals surface area contributed by atoms with Crippen LogP contribution in [-0.2, 0) is 0 Å². The van der Waals surface area contributed by atoms with Gasteiger partial charge in [0.1, 0.15) is 0 Å². The molecule has 3 heterocycles. The zero-order valence-corrected chi connectivity index (χ0v) is 15.6. The fourth-order valence-electron chi connectivity index (χ4n) is 4.18. The summed E-state index contributed by atoms with van der Waals surface area (Å²) in [5.74, 6) is 1.26. The summed E-state index contributed by atoms with van der Waals surface area (Å²) in [6.45, 7) is 2.02. The van der Waals surface area contributed by atoms with Crippen molar-refractivity contribution in [3.63, 3.8) is 0 Å². The molecule has 0 radical (unpaired) electrons. The number of rotatable bonds is 4. The van der Waals surface area contributed by atoms with Gasteiger partial charge in [0.15, 0.2) is 11.5 Å². The molecule has 7 heteroatoms. The van der Waals surface area contributed by atoms with Crippen molar-refractivity contribution < 1.29 is 14.3 Å². The van der Waals surface area contributed by atoms with Gasteiger partial charge in [0.05, 0.1) is 6.17 Å². The Morgan fingerprint density at radius 3 is 2.82 bits per heavy atom. The van der Waals surface area contributed by atoms with Crippen LogP contribution in [0.2, 0.25) is 0 Å². The maximum Gasteiger partial charge on any atom is 0.251 e. The van der Waals surface area contributed by atoms with Gasteiger partial charge in [-0.25, -0.2) is 10.9 Å². The zero-order valence-electron chi connectivity index (χ0n) is 15.6. The molecule has 5 rings (SSSR count). The summed E-state index contributed by atoms with van der Waals surface area (Å²) < 4.78 is 10.7. The minimum Gasteiger partial charge on any atom is -0.454 e. The van der Waals surface area contributed by atoms with Crippen LogP contribution in [0.25, 0.3) is 0 Å². The fraction of sp³-hybridized carbons (Fsp3) is 0.381. The maximum absolute atomic E-state index is 12.6. The number of hydrogen-bond acceptors (Lipinski definition) is 6. The van der Waals surface area contributed by atoms with Gasteiger partial charge < -0.3 is 14.8 Å². The molecule has 1 amide bonds. The lowest BCUT2D eigenvalue weighted by Crippen LogP contribution is -2.45. The molecule has 3 aliphatic heterocycles. The first-order valence-corrected chi connectivity index (χ1v) is 9.77. The summed E-state index contributed by atoms with van der Waals surface area (Å²) >= 11 is 0. The number of hydrogen-bond donors (Lipinski definition) is 3. The number of carbonyl (C=O) groups is 1. The molecule has 146 valence electrons. The second-order valence-electron chi connectivity index (χ2n) is 7.53. The van der Waals surface area contributed by atoms with Gasteiger partial charge in [-0.05, 0) is 36.6 Å². The molecule has 0 spiro atoms. The lowest BCUT2D eigenvalue weighted by molar-refractivity contribution is 0.0935. The molecule has 7 nitrogen and oxygen atoms in total. The first-order chi connectivity index (χ1) is 13.8. The van der Waals surface area contributed by atoms with Crippen LogP contribution in [0.4, 0.5) is 0 Å². The molecule has 0 aliphatic carbocycles. The monoisotopic (exact) mass is 380 g/mol. The molecular formula is C21H24N4O3. The smallest absolute Gasteiger partial charge is 0.251 e. The number of ether oxygens (including phenoxy) is 2. The number of hydrazine groups is 1. The number of fused-ring (bicyclic) bond motifs is 1. The van der Waals surface area contributed by atoms with Crippen molar-refractivity contribution >= 4 is 5.91 Å².